The molecule has 0 saturated heterocycles. The van der Waals surface area contributed by atoms with Crippen LogP contribution in [-0.4, -0.2) is 5.78 Å². The molecule has 1 aromatic carbocycles. The molecular formula is C13H14O. The largest absolute Gasteiger partial charge is 0.299 e. The van der Waals surface area contributed by atoms with Gasteiger partial charge in [0.05, 0.1) is 0 Å². The molecule has 0 aromatic heterocycles. The molecule has 0 spiro atoms. The Morgan fingerprint density at radius 3 is 2.29 bits per heavy atom. The lowest BCUT2D eigenvalue weighted by Crippen LogP contribution is -2.03. The van der Waals surface area contributed by atoms with Gasteiger partial charge in [-0.1, -0.05) is 25.0 Å². The van der Waals surface area contributed by atoms with E-state index in [1.807, 2.05) is 38.1 Å². The van der Waals surface area contributed by atoms with E-state index >= 15 is 0 Å². The Hall–Kier alpha value is -1.55. The third-order valence-electron chi connectivity index (χ3n) is 2.29. The monoisotopic (exact) mass is 186 g/mol. The third kappa shape index (κ3) is 2.47. The summed E-state index contributed by atoms with van der Waals surface area (Å²) in [7, 11) is 0. The summed E-state index contributed by atoms with van der Waals surface area (Å²) in [4.78, 5) is 11.1. The van der Waals surface area contributed by atoms with E-state index in [1.54, 1.807) is 6.92 Å². The summed E-state index contributed by atoms with van der Waals surface area (Å²) in [5.41, 5.74) is 2.05. The van der Waals surface area contributed by atoms with Gasteiger partial charge in [-0.3, -0.25) is 4.79 Å². The van der Waals surface area contributed by atoms with Crippen LogP contribution < -0.4 is 0 Å². The number of Topliss-reactive ketones (excluding diaryl/α,β-unsaturated/α-hetero) is 1. The van der Waals surface area contributed by atoms with Gasteiger partial charge in [-0.25, -0.2) is 0 Å². The van der Waals surface area contributed by atoms with E-state index in [0.29, 0.717) is 0 Å². The second-order valence-corrected chi connectivity index (χ2v) is 3.33. The van der Waals surface area contributed by atoms with Crippen molar-refractivity contribution < 1.29 is 4.79 Å². The van der Waals surface area contributed by atoms with Gasteiger partial charge in [0.15, 0.2) is 0 Å². The number of carbonyl (C=O) groups excluding carboxylic acids is 1. The van der Waals surface area contributed by atoms with Crippen molar-refractivity contribution in [3.63, 3.8) is 0 Å². The molecule has 0 heterocycles. The van der Waals surface area contributed by atoms with E-state index in [9.17, 15) is 4.79 Å². The summed E-state index contributed by atoms with van der Waals surface area (Å²) >= 11 is 0. The van der Waals surface area contributed by atoms with Crippen molar-refractivity contribution in [1.29, 1.82) is 0 Å². The molecule has 0 saturated carbocycles. The molecule has 1 atom stereocenters. The second kappa shape index (κ2) is 4.62. The first-order valence-electron chi connectivity index (χ1n) is 4.68. The first-order valence-corrected chi connectivity index (χ1v) is 4.68. The highest BCUT2D eigenvalue weighted by Gasteiger charge is 2.09. The molecule has 72 valence electrons. The van der Waals surface area contributed by atoms with Crippen LogP contribution in [0.4, 0.5) is 0 Å². The second-order valence-electron chi connectivity index (χ2n) is 3.33. The van der Waals surface area contributed by atoms with Crippen LogP contribution in [0.5, 0.6) is 0 Å². The fraction of sp³-hybridized carbons (Fsp3) is 0.308. The number of hydrogen-bond acceptors (Lipinski definition) is 1. The van der Waals surface area contributed by atoms with Gasteiger partial charge in [-0.05, 0) is 31.5 Å². The van der Waals surface area contributed by atoms with Gasteiger partial charge in [0.25, 0.3) is 0 Å². The number of ketones is 1. The molecule has 0 N–H and O–H groups in total. The molecular weight excluding hydrogens is 172 g/mol. The third-order valence-corrected chi connectivity index (χ3v) is 2.29. The first-order chi connectivity index (χ1) is 6.65. The number of carbonyl (C=O) groups is 1. The van der Waals surface area contributed by atoms with Crippen LogP contribution in [0, 0.1) is 11.8 Å². The lowest BCUT2D eigenvalue weighted by atomic mass is 9.97. The Morgan fingerprint density at radius 2 is 1.86 bits per heavy atom. The van der Waals surface area contributed by atoms with Gasteiger partial charge >= 0.3 is 0 Å². The Kier molecular flexibility index (Phi) is 3.48. The van der Waals surface area contributed by atoms with E-state index in [1.165, 1.54) is 0 Å². The van der Waals surface area contributed by atoms with E-state index in [0.717, 1.165) is 11.1 Å². The number of rotatable bonds is 2. The topological polar surface area (TPSA) is 17.1 Å². The van der Waals surface area contributed by atoms with Crippen molar-refractivity contribution >= 4 is 5.78 Å². The van der Waals surface area contributed by atoms with Gasteiger partial charge in [-0.2, -0.15) is 0 Å². The number of benzene rings is 1. The van der Waals surface area contributed by atoms with Gasteiger partial charge in [-0.15, -0.1) is 5.92 Å². The van der Waals surface area contributed by atoms with Gasteiger partial charge in [0.2, 0.25) is 0 Å². The van der Waals surface area contributed by atoms with Gasteiger partial charge in [0, 0.05) is 11.5 Å². The summed E-state index contributed by atoms with van der Waals surface area (Å²) in [6.45, 7) is 5.35. The fourth-order valence-electron chi connectivity index (χ4n) is 1.23. The van der Waals surface area contributed by atoms with Crippen LogP contribution in [0.25, 0.3) is 0 Å². The average Bonchev–Trinajstić information content (AvgIpc) is 2.18. The van der Waals surface area contributed by atoms with Crippen LogP contribution in [0.2, 0.25) is 0 Å². The van der Waals surface area contributed by atoms with Crippen LogP contribution in [0.15, 0.2) is 24.3 Å². The molecule has 1 aromatic rings. The predicted molar refractivity (Wildman–Crippen MR) is 58.1 cm³/mol. The highest BCUT2D eigenvalue weighted by atomic mass is 16.1. The van der Waals surface area contributed by atoms with Crippen LogP contribution in [0.3, 0.4) is 0 Å². The Labute approximate surface area is 85.1 Å². The highest BCUT2D eigenvalue weighted by Crippen LogP contribution is 2.16. The molecule has 0 aliphatic carbocycles. The summed E-state index contributed by atoms with van der Waals surface area (Å²) in [5.74, 6) is 5.99. The van der Waals surface area contributed by atoms with Gasteiger partial charge < -0.3 is 0 Å². The van der Waals surface area contributed by atoms with Crippen molar-refractivity contribution in [3.05, 3.63) is 35.4 Å². The molecule has 1 nitrogen and oxygen atoms in total. The molecule has 0 aliphatic rings. The van der Waals surface area contributed by atoms with Crippen molar-refractivity contribution in [1.82, 2.24) is 0 Å². The Balaban J connectivity index is 2.91. The fourth-order valence-corrected chi connectivity index (χ4v) is 1.23. The molecule has 1 rings (SSSR count). The quantitative estimate of drug-likeness (QED) is 0.649. The molecule has 1 unspecified atom stereocenters. The van der Waals surface area contributed by atoms with E-state index < -0.39 is 0 Å². The molecule has 0 bridgehead atoms. The molecule has 0 fully saturated rings. The highest BCUT2D eigenvalue weighted by molar-refractivity contribution is 5.82. The summed E-state index contributed by atoms with van der Waals surface area (Å²) < 4.78 is 0. The zero-order valence-electron chi connectivity index (χ0n) is 8.79. The Morgan fingerprint density at radius 1 is 1.29 bits per heavy atom. The maximum atomic E-state index is 11.1. The molecule has 0 aliphatic heterocycles. The maximum absolute atomic E-state index is 11.1. The van der Waals surface area contributed by atoms with Crippen molar-refractivity contribution in [2.75, 3.05) is 0 Å². The van der Waals surface area contributed by atoms with Crippen LogP contribution in [0.1, 0.15) is 37.8 Å². The molecule has 0 amide bonds. The zero-order chi connectivity index (χ0) is 10.6. The molecule has 14 heavy (non-hydrogen) atoms. The van der Waals surface area contributed by atoms with E-state index in [4.69, 9.17) is 0 Å². The smallest absolute Gasteiger partial charge is 0.136 e. The van der Waals surface area contributed by atoms with Crippen LogP contribution in [-0.2, 0) is 4.79 Å². The molecule has 1 heteroatoms. The summed E-state index contributed by atoms with van der Waals surface area (Å²) in [5, 5.41) is 0. The minimum Gasteiger partial charge on any atom is -0.299 e. The first kappa shape index (κ1) is 10.5. The lowest BCUT2D eigenvalue weighted by molar-refractivity contribution is -0.118. The normalized spacial score (nSPS) is 11.4. The predicted octanol–water partition coefficient (Wildman–Crippen LogP) is 2.75. The molecule has 0 radical (unpaired) electrons. The van der Waals surface area contributed by atoms with E-state index in [2.05, 4.69) is 11.8 Å². The average molecular weight is 186 g/mol. The van der Waals surface area contributed by atoms with Crippen molar-refractivity contribution in [3.8, 4) is 11.8 Å². The maximum Gasteiger partial charge on any atom is 0.136 e. The van der Waals surface area contributed by atoms with E-state index in [-0.39, 0.29) is 11.7 Å². The zero-order valence-corrected chi connectivity index (χ0v) is 8.79. The van der Waals surface area contributed by atoms with Crippen LogP contribution >= 0.6 is 0 Å². The summed E-state index contributed by atoms with van der Waals surface area (Å²) in [6.07, 6.45) is 0. The number of hydrogen-bond donors (Lipinski definition) is 0. The van der Waals surface area contributed by atoms with Crippen molar-refractivity contribution in [2.24, 2.45) is 0 Å². The summed E-state index contributed by atoms with van der Waals surface area (Å²) in [6, 6.07) is 7.83. The van der Waals surface area contributed by atoms with Gasteiger partial charge in [0.1, 0.15) is 5.78 Å². The Bertz CT molecular complexity index is 376. The minimum absolute atomic E-state index is 0.0152. The lowest BCUT2D eigenvalue weighted by Gasteiger charge is -2.07. The minimum atomic E-state index is -0.0152. The SMILES string of the molecule is CC#Cc1ccc(C(C)C(C)=O)cc1. The standard InChI is InChI=1S/C13H14O/c1-4-5-12-6-8-13(9-7-12)10(2)11(3)14/h6-10H,1-3H3. The van der Waals surface area contributed by atoms with Crippen molar-refractivity contribution in [2.45, 2.75) is 26.7 Å².